The predicted molar refractivity (Wildman–Crippen MR) is 61.0 cm³/mol. The Morgan fingerprint density at radius 1 is 1.33 bits per heavy atom. The molecule has 0 aliphatic carbocycles. The molecule has 1 heterocycles. The Morgan fingerprint density at radius 3 is 2.40 bits per heavy atom. The summed E-state index contributed by atoms with van der Waals surface area (Å²) in [7, 11) is 3.50. The van der Waals surface area contributed by atoms with Gasteiger partial charge in [-0.3, -0.25) is 9.78 Å². The van der Waals surface area contributed by atoms with Gasteiger partial charge >= 0.3 is 0 Å². The first-order chi connectivity index (χ1) is 6.84. The normalized spacial score (nSPS) is 11.3. The molecule has 3 nitrogen and oxygen atoms in total. The van der Waals surface area contributed by atoms with Crippen molar-refractivity contribution in [3.8, 4) is 0 Å². The molecule has 0 saturated heterocycles. The van der Waals surface area contributed by atoms with Crippen molar-refractivity contribution in [1.82, 2.24) is 9.88 Å². The molecular formula is C12H18N2O. The highest BCUT2D eigenvalue weighted by Gasteiger charge is 2.23. The van der Waals surface area contributed by atoms with Crippen molar-refractivity contribution in [2.45, 2.75) is 26.2 Å². The molecule has 82 valence electrons. The second-order valence-corrected chi connectivity index (χ2v) is 4.85. The smallest absolute Gasteiger partial charge is 0.255 e. The number of carbonyl (C=O) groups is 1. The van der Waals surface area contributed by atoms with Gasteiger partial charge in [-0.1, -0.05) is 20.8 Å². The maximum Gasteiger partial charge on any atom is 0.255 e. The monoisotopic (exact) mass is 206 g/mol. The molecule has 1 rings (SSSR count). The van der Waals surface area contributed by atoms with Gasteiger partial charge in [0.05, 0.1) is 11.3 Å². The molecule has 0 N–H and O–H groups in total. The molecule has 1 amide bonds. The van der Waals surface area contributed by atoms with E-state index in [1.807, 2.05) is 6.07 Å². The average Bonchev–Trinajstić information content (AvgIpc) is 2.15. The fraction of sp³-hybridized carbons (Fsp3) is 0.500. The van der Waals surface area contributed by atoms with Gasteiger partial charge in [0.1, 0.15) is 0 Å². The molecule has 3 heteroatoms. The van der Waals surface area contributed by atoms with Crippen molar-refractivity contribution in [1.29, 1.82) is 0 Å². The van der Waals surface area contributed by atoms with E-state index in [4.69, 9.17) is 0 Å². The Morgan fingerprint density at radius 2 is 1.93 bits per heavy atom. The zero-order valence-corrected chi connectivity index (χ0v) is 10.0. The number of hydrogen-bond donors (Lipinski definition) is 0. The van der Waals surface area contributed by atoms with Gasteiger partial charge in [0.15, 0.2) is 0 Å². The summed E-state index contributed by atoms with van der Waals surface area (Å²) in [6.07, 6.45) is 1.73. The Kier molecular flexibility index (Phi) is 3.12. The van der Waals surface area contributed by atoms with E-state index in [-0.39, 0.29) is 11.3 Å². The summed E-state index contributed by atoms with van der Waals surface area (Å²) in [5.74, 6) is 0.00743. The summed E-state index contributed by atoms with van der Waals surface area (Å²) >= 11 is 0. The van der Waals surface area contributed by atoms with Crippen LogP contribution in [-0.2, 0) is 5.41 Å². The summed E-state index contributed by atoms with van der Waals surface area (Å²) < 4.78 is 0. The highest BCUT2D eigenvalue weighted by molar-refractivity contribution is 5.95. The molecular weight excluding hydrogens is 188 g/mol. The Balaban J connectivity index is 3.25. The maximum absolute atomic E-state index is 11.9. The van der Waals surface area contributed by atoms with Crippen LogP contribution in [0, 0.1) is 0 Å². The van der Waals surface area contributed by atoms with Gasteiger partial charge in [0.25, 0.3) is 5.91 Å². The number of aromatic nitrogens is 1. The number of pyridine rings is 1. The summed E-state index contributed by atoms with van der Waals surface area (Å²) in [6, 6.07) is 3.63. The Bertz CT molecular complexity index is 364. The van der Waals surface area contributed by atoms with Crippen molar-refractivity contribution in [3.63, 3.8) is 0 Å². The number of amides is 1. The molecule has 0 bridgehead atoms. The van der Waals surface area contributed by atoms with E-state index < -0.39 is 0 Å². The third-order valence-corrected chi connectivity index (χ3v) is 2.15. The van der Waals surface area contributed by atoms with Crippen molar-refractivity contribution in [3.05, 3.63) is 29.6 Å². The molecule has 1 aromatic rings. The molecule has 15 heavy (non-hydrogen) atoms. The number of hydrogen-bond acceptors (Lipinski definition) is 2. The third kappa shape index (κ3) is 2.55. The van der Waals surface area contributed by atoms with Crippen LogP contribution >= 0.6 is 0 Å². The van der Waals surface area contributed by atoms with Crippen molar-refractivity contribution in [2.75, 3.05) is 14.1 Å². The molecule has 0 atom stereocenters. The standard InChI is InChI=1S/C12H18N2O/c1-12(2,3)10-9(7-6-8-13-10)11(15)14(4)5/h6-8H,1-5H3. The van der Waals surface area contributed by atoms with Crippen molar-refractivity contribution in [2.24, 2.45) is 0 Å². The lowest BCUT2D eigenvalue weighted by Gasteiger charge is -2.22. The van der Waals surface area contributed by atoms with Gasteiger partial charge in [0, 0.05) is 25.7 Å². The van der Waals surface area contributed by atoms with E-state index in [9.17, 15) is 4.79 Å². The summed E-state index contributed by atoms with van der Waals surface area (Å²) in [5, 5.41) is 0. The fourth-order valence-electron chi connectivity index (χ4n) is 1.42. The number of carbonyl (C=O) groups excluding carboxylic acids is 1. The van der Waals surface area contributed by atoms with Gasteiger partial charge in [-0.05, 0) is 12.1 Å². The van der Waals surface area contributed by atoms with Crippen LogP contribution in [0.5, 0.6) is 0 Å². The average molecular weight is 206 g/mol. The highest BCUT2D eigenvalue weighted by Crippen LogP contribution is 2.23. The summed E-state index contributed by atoms with van der Waals surface area (Å²) in [6.45, 7) is 6.17. The molecule has 0 aliphatic rings. The lowest BCUT2D eigenvalue weighted by atomic mass is 9.88. The van der Waals surface area contributed by atoms with Crippen LogP contribution in [0.25, 0.3) is 0 Å². The first-order valence-corrected chi connectivity index (χ1v) is 5.01. The number of nitrogens with zero attached hydrogens (tertiary/aromatic N) is 2. The molecule has 1 aromatic heterocycles. The third-order valence-electron chi connectivity index (χ3n) is 2.15. The van der Waals surface area contributed by atoms with Crippen molar-refractivity contribution < 1.29 is 4.79 Å². The first kappa shape index (κ1) is 11.7. The lowest BCUT2D eigenvalue weighted by Crippen LogP contribution is -2.27. The largest absolute Gasteiger partial charge is 0.345 e. The van der Waals surface area contributed by atoms with Gasteiger partial charge in [-0.15, -0.1) is 0 Å². The van der Waals surface area contributed by atoms with Crippen LogP contribution in [0.4, 0.5) is 0 Å². The van der Waals surface area contributed by atoms with Gasteiger partial charge in [-0.25, -0.2) is 0 Å². The van der Waals surface area contributed by atoms with E-state index in [0.29, 0.717) is 5.56 Å². The van der Waals surface area contributed by atoms with Crippen LogP contribution in [0.3, 0.4) is 0 Å². The first-order valence-electron chi connectivity index (χ1n) is 5.01. The summed E-state index contributed by atoms with van der Waals surface area (Å²) in [5.41, 5.74) is 1.43. The van der Waals surface area contributed by atoms with Crippen LogP contribution in [0.1, 0.15) is 36.8 Å². The second-order valence-electron chi connectivity index (χ2n) is 4.85. The quantitative estimate of drug-likeness (QED) is 0.705. The summed E-state index contributed by atoms with van der Waals surface area (Å²) in [4.78, 5) is 17.8. The van der Waals surface area contributed by atoms with E-state index in [2.05, 4.69) is 25.8 Å². The van der Waals surface area contributed by atoms with Crippen LogP contribution in [0.2, 0.25) is 0 Å². The predicted octanol–water partition coefficient (Wildman–Crippen LogP) is 2.08. The molecule has 0 aromatic carbocycles. The second kappa shape index (κ2) is 4.01. The van der Waals surface area contributed by atoms with E-state index >= 15 is 0 Å². The lowest BCUT2D eigenvalue weighted by molar-refractivity contribution is 0.0824. The van der Waals surface area contributed by atoms with Gasteiger partial charge < -0.3 is 4.90 Å². The van der Waals surface area contributed by atoms with E-state index in [0.717, 1.165) is 5.69 Å². The molecule has 0 saturated carbocycles. The SMILES string of the molecule is CN(C)C(=O)c1cccnc1C(C)(C)C. The van der Waals surface area contributed by atoms with Gasteiger partial charge in [-0.2, -0.15) is 0 Å². The highest BCUT2D eigenvalue weighted by atomic mass is 16.2. The molecule has 0 fully saturated rings. The minimum atomic E-state index is -0.109. The van der Waals surface area contributed by atoms with Crippen LogP contribution < -0.4 is 0 Å². The van der Waals surface area contributed by atoms with E-state index in [1.54, 1.807) is 31.3 Å². The number of rotatable bonds is 1. The van der Waals surface area contributed by atoms with Crippen molar-refractivity contribution >= 4 is 5.91 Å². The zero-order valence-electron chi connectivity index (χ0n) is 10.0. The minimum Gasteiger partial charge on any atom is -0.345 e. The molecule has 0 aliphatic heterocycles. The Labute approximate surface area is 91.1 Å². The topological polar surface area (TPSA) is 33.2 Å². The fourth-order valence-corrected chi connectivity index (χ4v) is 1.42. The van der Waals surface area contributed by atoms with E-state index in [1.165, 1.54) is 0 Å². The molecule has 0 radical (unpaired) electrons. The zero-order chi connectivity index (χ0) is 11.6. The molecule has 0 spiro atoms. The van der Waals surface area contributed by atoms with Crippen LogP contribution in [0.15, 0.2) is 18.3 Å². The minimum absolute atomic E-state index is 0.00743. The van der Waals surface area contributed by atoms with Crippen LogP contribution in [-0.4, -0.2) is 29.9 Å². The van der Waals surface area contributed by atoms with Gasteiger partial charge in [0.2, 0.25) is 0 Å². The Hall–Kier alpha value is -1.38. The maximum atomic E-state index is 11.9. The molecule has 0 unspecified atom stereocenters.